The predicted molar refractivity (Wildman–Crippen MR) is 123 cm³/mol. The second-order valence-electron chi connectivity index (χ2n) is 10.3. The number of nitrogens with two attached hydrogens (primary N) is 1. The molecular weight excluding hydrogens is 402 g/mol. The summed E-state index contributed by atoms with van der Waals surface area (Å²) in [5, 5.41) is 0. The third-order valence-electron chi connectivity index (χ3n) is 7.99. The number of carbonyl (C=O) groups excluding carboxylic acids is 2. The van der Waals surface area contributed by atoms with Gasteiger partial charge in [0.25, 0.3) is 0 Å². The number of fused-ring (bicyclic) bond motifs is 1. The monoisotopic (exact) mass is 435 g/mol. The van der Waals surface area contributed by atoms with Gasteiger partial charge in [-0.2, -0.15) is 0 Å². The zero-order valence-corrected chi connectivity index (χ0v) is 18.8. The molecule has 1 aromatic heterocycles. The lowest BCUT2D eigenvalue weighted by atomic mass is 9.94. The fraction of sp³-hybridized carbons (Fsp3) is 0.640. The Balaban J connectivity index is 1.31. The van der Waals surface area contributed by atoms with Crippen molar-refractivity contribution >= 4 is 23.3 Å². The van der Waals surface area contributed by atoms with Crippen molar-refractivity contribution in [3.05, 3.63) is 29.5 Å². The molecule has 3 heterocycles. The number of nitrogen functional groups attached to an aromatic ring is 1. The van der Waals surface area contributed by atoms with Crippen molar-refractivity contribution in [2.45, 2.75) is 63.5 Å². The van der Waals surface area contributed by atoms with E-state index in [9.17, 15) is 9.59 Å². The summed E-state index contributed by atoms with van der Waals surface area (Å²) in [5.41, 5.74) is 11.0. The average molecular weight is 436 g/mol. The smallest absolute Gasteiger partial charge is 0.246 e. The lowest BCUT2D eigenvalue weighted by Gasteiger charge is -2.43. The number of aromatic nitrogens is 1. The van der Waals surface area contributed by atoms with Crippen molar-refractivity contribution in [2.24, 2.45) is 11.8 Å². The molecule has 170 valence electrons. The van der Waals surface area contributed by atoms with E-state index in [2.05, 4.69) is 16.4 Å². The van der Waals surface area contributed by atoms with E-state index in [0.29, 0.717) is 36.9 Å². The molecule has 3 aliphatic carbocycles. The molecule has 32 heavy (non-hydrogen) atoms. The van der Waals surface area contributed by atoms with Crippen LogP contribution in [0.3, 0.4) is 0 Å². The largest absolute Gasteiger partial charge is 0.396 e. The lowest BCUT2D eigenvalue weighted by molar-refractivity contribution is -0.135. The van der Waals surface area contributed by atoms with Crippen molar-refractivity contribution in [2.75, 3.05) is 36.8 Å². The molecule has 1 aromatic rings. The van der Waals surface area contributed by atoms with Crippen molar-refractivity contribution < 1.29 is 9.59 Å². The van der Waals surface area contributed by atoms with Crippen molar-refractivity contribution in [1.82, 2.24) is 14.8 Å². The number of piperazine rings is 1. The predicted octanol–water partition coefficient (Wildman–Crippen LogP) is 2.45. The van der Waals surface area contributed by atoms with Crippen LogP contribution in [0.5, 0.6) is 0 Å². The number of hydrogen-bond acceptors (Lipinski definition) is 5. The quantitative estimate of drug-likeness (QED) is 0.719. The molecule has 3 saturated carbocycles. The maximum atomic E-state index is 12.9. The highest BCUT2D eigenvalue weighted by atomic mass is 16.2. The molecule has 7 nitrogen and oxygen atoms in total. The van der Waals surface area contributed by atoms with E-state index in [1.807, 2.05) is 4.90 Å². The summed E-state index contributed by atoms with van der Waals surface area (Å²) in [6.07, 6.45) is 9.05. The topological polar surface area (TPSA) is 82.8 Å². The molecule has 0 bridgehead atoms. The van der Waals surface area contributed by atoms with E-state index in [-0.39, 0.29) is 11.8 Å². The van der Waals surface area contributed by atoms with E-state index < -0.39 is 0 Å². The second kappa shape index (κ2) is 7.49. The van der Waals surface area contributed by atoms with Crippen LogP contribution >= 0.6 is 0 Å². The van der Waals surface area contributed by atoms with Gasteiger partial charge in [-0.15, -0.1) is 0 Å². The molecule has 0 spiro atoms. The summed E-state index contributed by atoms with van der Waals surface area (Å²) < 4.78 is 0. The Hall–Kier alpha value is -2.57. The molecular formula is C25H33N5O2. The Morgan fingerprint density at radius 1 is 1.03 bits per heavy atom. The van der Waals surface area contributed by atoms with E-state index in [0.717, 1.165) is 74.5 Å². The first-order valence-corrected chi connectivity index (χ1v) is 12.3. The molecule has 2 amide bonds. The lowest BCUT2D eigenvalue weighted by Crippen LogP contribution is -2.57. The first-order valence-electron chi connectivity index (χ1n) is 12.3. The molecule has 5 aliphatic rings. The highest BCUT2D eigenvalue weighted by Gasteiger charge is 2.45. The van der Waals surface area contributed by atoms with Gasteiger partial charge in [-0.3, -0.25) is 9.59 Å². The maximum Gasteiger partial charge on any atom is 0.246 e. The van der Waals surface area contributed by atoms with Gasteiger partial charge in [0.05, 0.1) is 17.4 Å². The zero-order chi connectivity index (χ0) is 22.0. The van der Waals surface area contributed by atoms with Crippen LogP contribution < -0.4 is 10.6 Å². The summed E-state index contributed by atoms with van der Waals surface area (Å²) in [6.45, 7) is 7.30. The van der Waals surface area contributed by atoms with Crippen molar-refractivity contribution in [1.29, 1.82) is 0 Å². The highest BCUT2D eigenvalue weighted by Crippen LogP contribution is 2.46. The first-order chi connectivity index (χ1) is 15.5. The zero-order valence-electron chi connectivity index (χ0n) is 18.8. The van der Waals surface area contributed by atoms with Crippen LogP contribution in [0.2, 0.25) is 0 Å². The number of amides is 2. The number of carbonyl (C=O) groups is 2. The third kappa shape index (κ3) is 3.46. The molecule has 0 radical (unpaired) electrons. The fourth-order valence-corrected chi connectivity index (χ4v) is 5.65. The minimum Gasteiger partial charge on any atom is -0.396 e. The summed E-state index contributed by atoms with van der Waals surface area (Å²) in [6, 6.07) is 0.291. The molecule has 6 rings (SSSR count). The summed E-state index contributed by atoms with van der Waals surface area (Å²) in [5.74, 6) is 2.65. The van der Waals surface area contributed by atoms with Gasteiger partial charge in [-0.05, 0) is 68.1 Å². The minimum absolute atomic E-state index is 0.0243. The molecule has 1 saturated heterocycles. The molecule has 7 heteroatoms. The summed E-state index contributed by atoms with van der Waals surface area (Å²) in [4.78, 5) is 36.7. The first kappa shape index (κ1) is 20.1. The standard InChI is InChI=1S/C25H33N5O2/c1-2-21(31)28-10-9-18-19(13-28)23(16-5-6-16)27-24(22(18)26)29-11-12-30(25(32)17-7-8-17)20(14-29)15-3-4-15/h2,15-17,20H,1,3-14,26H2/t20-/m0/s1. The molecule has 4 fully saturated rings. The maximum absolute atomic E-state index is 12.9. The van der Waals surface area contributed by atoms with Gasteiger partial charge < -0.3 is 20.4 Å². The Labute approximate surface area is 189 Å². The van der Waals surface area contributed by atoms with Gasteiger partial charge in [0.2, 0.25) is 11.8 Å². The third-order valence-corrected chi connectivity index (χ3v) is 7.99. The van der Waals surface area contributed by atoms with Crippen molar-refractivity contribution in [3.8, 4) is 0 Å². The fourth-order valence-electron chi connectivity index (χ4n) is 5.65. The van der Waals surface area contributed by atoms with E-state index in [1.54, 1.807) is 0 Å². The van der Waals surface area contributed by atoms with Crippen LogP contribution in [-0.4, -0.2) is 58.8 Å². The SMILES string of the molecule is C=CC(=O)N1CCc2c(N)c(N3CCN(C(=O)C4CC4)[C@H](C4CC4)C3)nc(C3CC3)c2C1. The van der Waals surface area contributed by atoms with Gasteiger partial charge in [-0.1, -0.05) is 6.58 Å². The average Bonchev–Trinajstić information content (AvgIpc) is 3.67. The number of pyridine rings is 1. The molecule has 1 atom stereocenters. The van der Waals surface area contributed by atoms with Gasteiger partial charge in [0.1, 0.15) is 0 Å². The van der Waals surface area contributed by atoms with Crippen LogP contribution in [0, 0.1) is 11.8 Å². The van der Waals surface area contributed by atoms with Crippen LogP contribution in [0.15, 0.2) is 12.7 Å². The number of anilines is 2. The Morgan fingerprint density at radius 3 is 2.47 bits per heavy atom. The van der Waals surface area contributed by atoms with Gasteiger partial charge >= 0.3 is 0 Å². The molecule has 0 aromatic carbocycles. The van der Waals surface area contributed by atoms with Crippen LogP contribution in [-0.2, 0) is 22.6 Å². The second-order valence-corrected chi connectivity index (χ2v) is 10.3. The number of hydrogen-bond donors (Lipinski definition) is 1. The molecule has 2 aliphatic heterocycles. The Bertz CT molecular complexity index is 979. The summed E-state index contributed by atoms with van der Waals surface area (Å²) in [7, 11) is 0. The summed E-state index contributed by atoms with van der Waals surface area (Å²) >= 11 is 0. The van der Waals surface area contributed by atoms with Gasteiger partial charge in [-0.25, -0.2) is 4.98 Å². The molecule has 2 N–H and O–H groups in total. The highest BCUT2D eigenvalue weighted by molar-refractivity contribution is 5.87. The van der Waals surface area contributed by atoms with Crippen LogP contribution in [0.25, 0.3) is 0 Å². The van der Waals surface area contributed by atoms with E-state index >= 15 is 0 Å². The van der Waals surface area contributed by atoms with Gasteiger partial charge in [0.15, 0.2) is 5.82 Å². The van der Waals surface area contributed by atoms with Crippen molar-refractivity contribution in [3.63, 3.8) is 0 Å². The molecule has 0 unspecified atom stereocenters. The van der Waals surface area contributed by atoms with E-state index in [4.69, 9.17) is 10.7 Å². The minimum atomic E-state index is -0.0243. The van der Waals surface area contributed by atoms with Gasteiger partial charge in [0, 0.05) is 44.6 Å². The Morgan fingerprint density at radius 2 is 1.81 bits per heavy atom. The van der Waals surface area contributed by atoms with Crippen LogP contribution in [0.1, 0.15) is 61.3 Å². The van der Waals surface area contributed by atoms with E-state index in [1.165, 1.54) is 24.5 Å². The number of rotatable bonds is 5. The normalized spacial score (nSPS) is 25.5. The van der Waals surface area contributed by atoms with Crippen LogP contribution in [0.4, 0.5) is 11.5 Å². The number of nitrogens with zero attached hydrogens (tertiary/aromatic N) is 4. The Kier molecular flexibility index (Phi) is 4.70.